The van der Waals surface area contributed by atoms with E-state index in [1.54, 1.807) is 0 Å². The third-order valence-corrected chi connectivity index (χ3v) is 3.37. The van der Waals surface area contributed by atoms with Gasteiger partial charge in [-0.05, 0) is 38.9 Å². The van der Waals surface area contributed by atoms with E-state index in [9.17, 15) is 5.26 Å². The Morgan fingerprint density at radius 3 is 2.29 bits per heavy atom. The van der Waals surface area contributed by atoms with Crippen LogP contribution in [0, 0.1) is 22.7 Å². The lowest BCUT2D eigenvalue weighted by molar-refractivity contribution is 0.190. The van der Waals surface area contributed by atoms with Crippen LogP contribution in [0.25, 0.3) is 0 Å². The van der Waals surface area contributed by atoms with Crippen LogP contribution in [-0.4, -0.2) is 25.0 Å². The second-order valence-corrected chi connectivity index (χ2v) is 4.68. The number of likely N-dealkylation sites (tertiary alicyclic amines) is 1. The zero-order valence-corrected chi connectivity index (χ0v) is 9.51. The molecule has 0 saturated carbocycles. The van der Waals surface area contributed by atoms with Crippen molar-refractivity contribution in [1.82, 2.24) is 4.90 Å². The molecule has 0 aromatic carbocycles. The van der Waals surface area contributed by atoms with Crippen LogP contribution in [0.4, 0.5) is 0 Å². The van der Waals surface area contributed by atoms with Gasteiger partial charge in [0.05, 0.1) is 11.5 Å². The Kier molecular flexibility index (Phi) is 3.34. The summed E-state index contributed by atoms with van der Waals surface area (Å²) in [7, 11) is 2.11. The van der Waals surface area contributed by atoms with Gasteiger partial charge in [-0.15, -0.1) is 0 Å². The van der Waals surface area contributed by atoms with Crippen LogP contribution in [0.5, 0.6) is 0 Å². The summed E-state index contributed by atoms with van der Waals surface area (Å²) < 4.78 is 0. The zero-order valence-electron chi connectivity index (χ0n) is 9.51. The maximum atomic E-state index is 9.32. The SMILES string of the molecule is C=C(C(C)C)C1(C#N)CCN(C)CC1. The molecular weight excluding hydrogens is 172 g/mol. The van der Waals surface area contributed by atoms with Gasteiger partial charge in [0, 0.05) is 0 Å². The van der Waals surface area contributed by atoms with Crippen LogP contribution < -0.4 is 0 Å². The highest BCUT2D eigenvalue weighted by molar-refractivity contribution is 5.23. The average Bonchev–Trinajstić information content (AvgIpc) is 2.18. The van der Waals surface area contributed by atoms with Crippen LogP contribution >= 0.6 is 0 Å². The predicted molar refractivity (Wildman–Crippen MR) is 58.8 cm³/mol. The van der Waals surface area contributed by atoms with Crippen LogP contribution in [0.3, 0.4) is 0 Å². The van der Waals surface area contributed by atoms with Crippen molar-refractivity contribution in [2.75, 3.05) is 20.1 Å². The largest absolute Gasteiger partial charge is 0.306 e. The van der Waals surface area contributed by atoms with E-state index in [2.05, 4.69) is 38.4 Å². The summed E-state index contributed by atoms with van der Waals surface area (Å²) in [5.74, 6) is 0.415. The standard InChI is InChI=1S/C12H20N2/c1-10(2)11(3)12(9-13)5-7-14(4)8-6-12/h10H,3,5-8H2,1-2,4H3. The average molecular weight is 192 g/mol. The van der Waals surface area contributed by atoms with Gasteiger partial charge in [0.2, 0.25) is 0 Å². The molecule has 1 heterocycles. The Morgan fingerprint density at radius 1 is 1.43 bits per heavy atom. The molecule has 0 spiro atoms. The minimum atomic E-state index is -0.249. The molecule has 0 radical (unpaired) electrons. The van der Waals surface area contributed by atoms with Gasteiger partial charge in [0.15, 0.2) is 0 Å². The summed E-state index contributed by atoms with van der Waals surface area (Å²) in [6, 6.07) is 2.49. The highest BCUT2D eigenvalue weighted by atomic mass is 15.1. The van der Waals surface area contributed by atoms with Crippen molar-refractivity contribution in [1.29, 1.82) is 5.26 Å². The van der Waals surface area contributed by atoms with Crippen molar-refractivity contribution in [3.05, 3.63) is 12.2 Å². The van der Waals surface area contributed by atoms with E-state index in [-0.39, 0.29) is 5.41 Å². The molecule has 78 valence electrons. The maximum absolute atomic E-state index is 9.32. The van der Waals surface area contributed by atoms with E-state index in [0.29, 0.717) is 5.92 Å². The summed E-state index contributed by atoms with van der Waals surface area (Å²) in [4.78, 5) is 2.28. The molecule has 1 aliphatic rings. The molecule has 0 N–H and O–H groups in total. The number of piperidine rings is 1. The van der Waals surface area contributed by atoms with Crippen LogP contribution in [0.2, 0.25) is 0 Å². The molecule has 1 fully saturated rings. The third kappa shape index (κ3) is 1.99. The fourth-order valence-electron chi connectivity index (χ4n) is 2.06. The smallest absolute Gasteiger partial charge is 0.0806 e. The number of rotatable bonds is 2. The van der Waals surface area contributed by atoms with Gasteiger partial charge in [-0.3, -0.25) is 0 Å². The van der Waals surface area contributed by atoms with Crippen molar-refractivity contribution in [2.24, 2.45) is 11.3 Å². The number of nitrogens with zero attached hydrogens (tertiary/aromatic N) is 2. The first-order valence-electron chi connectivity index (χ1n) is 5.31. The molecule has 2 nitrogen and oxygen atoms in total. The molecule has 0 bridgehead atoms. The number of hydrogen-bond donors (Lipinski definition) is 0. The van der Waals surface area contributed by atoms with E-state index in [1.165, 1.54) is 0 Å². The van der Waals surface area contributed by atoms with Gasteiger partial charge < -0.3 is 4.90 Å². The summed E-state index contributed by atoms with van der Waals surface area (Å²) in [5, 5.41) is 9.32. The molecule has 1 rings (SSSR count). The summed E-state index contributed by atoms with van der Waals surface area (Å²) in [6.45, 7) is 10.4. The normalized spacial score (nSPS) is 21.9. The first-order chi connectivity index (χ1) is 6.52. The van der Waals surface area contributed by atoms with Crippen LogP contribution in [-0.2, 0) is 0 Å². The minimum Gasteiger partial charge on any atom is -0.306 e. The number of allylic oxidation sites excluding steroid dienone is 1. The van der Waals surface area contributed by atoms with Gasteiger partial charge >= 0.3 is 0 Å². The molecular formula is C12H20N2. The van der Waals surface area contributed by atoms with Crippen molar-refractivity contribution in [3.63, 3.8) is 0 Å². The fourth-order valence-corrected chi connectivity index (χ4v) is 2.06. The monoisotopic (exact) mass is 192 g/mol. The lowest BCUT2D eigenvalue weighted by Gasteiger charge is -2.38. The molecule has 2 heteroatoms. The minimum absolute atomic E-state index is 0.249. The van der Waals surface area contributed by atoms with Gasteiger partial charge in [-0.2, -0.15) is 5.26 Å². The van der Waals surface area contributed by atoms with Crippen molar-refractivity contribution < 1.29 is 0 Å². The van der Waals surface area contributed by atoms with E-state index < -0.39 is 0 Å². The molecule has 1 aliphatic heterocycles. The Balaban J connectivity index is 2.79. The predicted octanol–water partition coefficient (Wildman–Crippen LogP) is 2.43. The molecule has 0 aliphatic carbocycles. The first kappa shape index (κ1) is 11.3. The maximum Gasteiger partial charge on any atom is 0.0806 e. The van der Waals surface area contributed by atoms with Crippen molar-refractivity contribution >= 4 is 0 Å². The quantitative estimate of drug-likeness (QED) is 0.628. The molecule has 0 aromatic rings. The summed E-state index contributed by atoms with van der Waals surface area (Å²) in [5.41, 5.74) is 0.869. The van der Waals surface area contributed by atoms with E-state index in [4.69, 9.17) is 0 Å². The third-order valence-electron chi connectivity index (χ3n) is 3.37. The molecule has 0 atom stereocenters. The Hall–Kier alpha value is -0.810. The van der Waals surface area contributed by atoms with Crippen molar-refractivity contribution in [3.8, 4) is 6.07 Å². The van der Waals surface area contributed by atoms with Crippen molar-refractivity contribution in [2.45, 2.75) is 26.7 Å². The van der Waals surface area contributed by atoms with Crippen LogP contribution in [0.15, 0.2) is 12.2 Å². The fraction of sp³-hybridized carbons (Fsp3) is 0.750. The number of nitriles is 1. The van der Waals surface area contributed by atoms with Gasteiger partial charge in [-0.1, -0.05) is 26.0 Å². The Bertz CT molecular complexity index is 252. The topological polar surface area (TPSA) is 27.0 Å². The molecule has 1 saturated heterocycles. The van der Waals surface area contributed by atoms with E-state index in [1.807, 2.05) is 0 Å². The molecule has 0 unspecified atom stereocenters. The summed E-state index contributed by atoms with van der Waals surface area (Å²) in [6.07, 6.45) is 1.88. The molecule has 0 aromatic heterocycles. The lowest BCUT2D eigenvalue weighted by atomic mass is 9.70. The zero-order chi connectivity index (χ0) is 10.8. The highest BCUT2D eigenvalue weighted by Crippen LogP contribution is 2.40. The van der Waals surface area contributed by atoms with E-state index in [0.717, 1.165) is 31.5 Å². The second-order valence-electron chi connectivity index (χ2n) is 4.68. The van der Waals surface area contributed by atoms with E-state index >= 15 is 0 Å². The van der Waals surface area contributed by atoms with Crippen LogP contribution in [0.1, 0.15) is 26.7 Å². The van der Waals surface area contributed by atoms with Gasteiger partial charge in [0.25, 0.3) is 0 Å². The van der Waals surface area contributed by atoms with Gasteiger partial charge in [0.1, 0.15) is 0 Å². The second kappa shape index (κ2) is 4.14. The molecule has 14 heavy (non-hydrogen) atoms. The Morgan fingerprint density at radius 2 is 1.93 bits per heavy atom. The lowest BCUT2D eigenvalue weighted by Crippen LogP contribution is -2.39. The Labute approximate surface area is 87.2 Å². The summed E-state index contributed by atoms with van der Waals surface area (Å²) >= 11 is 0. The first-order valence-corrected chi connectivity index (χ1v) is 5.31. The molecule has 0 amide bonds. The number of hydrogen-bond acceptors (Lipinski definition) is 2. The van der Waals surface area contributed by atoms with Gasteiger partial charge in [-0.25, -0.2) is 0 Å². The highest BCUT2D eigenvalue weighted by Gasteiger charge is 2.37.